The number of hydrogen-bond acceptors (Lipinski definition) is 2. The molecule has 2 N–H and O–H groups in total. The molecule has 1 amide bonds. The van der Waals surface area contributed by atoms with E-state index in [1.807, 2.05) is 25.1 Å². The zero-order valence-corrected chi connectivity index (χ0v) is 13.3. The summed E-state index contributed by atoms with van der Waals surface area (Å²) in [5, 5.41) is 0. The predicted octanol–water partition coefficient (Wildman–Crippen LogP) is 4.41. The molecule has 19 heavy (non-hydrogen) atoms. The third kappa shape index (κ3) is 3.16. The molecule has 0 radical (unpaired) electrons. The standard InChI is InChI=1S/C14H11Br2NO2/c1-8-5-6-11(10(16)7-8)19-12-4-2-3-9(15)13(12)14(17)18/h2-7H,1H3,(H2,17,18). The Kier molecular flexibility index (Phi) is 4.27. The topological polar surface area (TPSA) is 52.3 Å². The molecule has 0 bridgehead atoms. The van der Waals surface area contributed by atoms with E-state index in [0.29, 0.717) is 21.5 Å². The van der Waals surface area contributed by atoms with E-state index in [9.17, 15) is 4.79 Å². The van der Waals surface area contributed by atoms with Crippen molar-refractivity contribution >= 4 is 37.8 Å². The van der Waals surface area contributed by atoms with Crippen LogP contribution in [0, 0.1) is 6.92 Å². The Morgan fingerprint density at radius 1 is 1.11 bits per heavy atom. The van der Waals surface area contributed by atoms with Crippen LogP contribution in [0.4, 0.5) is 0 Å². The average molecular weight is 385 g/mol. The van der Waals surface area contributed by atoms with Crippen LogP contribution < -0.4 is 10.5 Å². The third-order valence-electron chi connectivity index (χ3n) is 2.53. The number of carbonyl (C=O) groups excluding carboxylic acids is 1. The molecule has 0 heterocycles. The summed E-state index contributed by atoms with van der Waals surface area (Å²) in [6.45, 7) is 1.99. The molecule has 0 aliphatic rings. The third-order valence-corrected chi connectivity index (χ3v) is 3.81. The number of aryl methyl sites for hydroxylation is 1. The van der Waals surface area contributed by atoms with Crippen molar-refractivity contribution in [2.24, 2.45) is 5.73 Å². The molecule has 0 saturated carbocycles. The molecule has 3 nitrogen and oxygen atoms in total. The second-order valence-corrected chi connectivity index (χ2v) is 5.72. The highest BCUT2D eigenvalue weighted by Crippen LogP contribution is 2.34. The van der Waals surface area contributed by atoms with Crippen LogP contribution in [-0.2, 0) is 0 Å². The van der Waals surface area contributed by atoms with Crippen LogP contribution in [0.2, 0.25) is 0 Å². The summed E-state index contributed by atoms with van der Waals surface area (Å²) in [6.07, 6.45) is 0. The molecule has 2 rings (SSSR count). The van der Waals surface area contributed by atoms with Crippen molar-refractivity contribution in [1.29, 1.82) is 0 Å². The van der Waals surface area contributed by atoms with E-state index in [4.69, 9.17) is 10.5 Å². The lowest BCUT2D eigenvalue weighted by molar-refractivity contribution is 0.0997. The summed E-state index contributed by atoms with van der Waals surface area (Å²) in [6, 6.07) is 11.0. The van der Waals surface area contributed by atoms with Gasteiger partial charge in [0.1, 0.15) is 11.5 Å². The van der Waals surface area contributed by atoms with Gasteiger partial charge < -0.3 is 10.5 Å². The normalized spacial score (nSPS) is 10.3. The Hall–Kier alpha value is -1.33. The van der Waals surface area contributed by atoms with E-state index in [0.717, 1.165) is 10.0 Å². The first kappa shape index (κ1) is 14.1. The highest BCUT2D eigenvalue weighted by Gasteiger charge is 2.15. The number of primary amides is 1. The second kappa shape index (κ2) is 5.75. The number of nitrogens with two attached hydrogens (primary N) is 1. The molecule has 0 aromatic heterocycles. The molecular weight excluding hydrogens is 374 g/mol. The molecule has 0 fully saturated rings. The van der Waals surface area contributed by atoms with Gasteiger partial charge in [-0.3, -0.25) is 4.79 Å². The molecule has 2 aromatic carbocycles. The summed E-state index contributed by atoms with van der Waals surface area (Å²) in [4.78, 5) is 11.5. The van der Waals surface area contributed by atoms with Crippen molar-refractivity contribution in [2.75, 3.05) is 0 Å². The van der Waals surface area contributed by atoms with Crippen molar-refractivity contribution < 1.29 is 9.53 Å². The quantitative estimate of drug-likeness (QED) is 0.851. The Bertz CT molecular complexity index is 641. The maximum Gasteiger partial charge on any atom is 0.253 e. The number of ether oxygens (including phenoxy) is 1. The van der Waals surface area contributed by atoms with Gasteiger partial charge in [-0.05, 0) is 68.6 Å². The summed E-state index contributed by atoms with van der Waals surface area (Å²) in [7, 11) is 0. The first-order valence-electron chi connectivity index (χ1n) is 5.51. The molecule has 2 aromatic rings. The zero-order chi connectivity index (χ0) is 14.0. The number of rotatable bonds is 3. The molecule has 98 valence electrons. The van der Waals surface area contributed by atoms with Gasteiger partial charge in [0.2, 0.25) is 0 Å². The van der Waals surface area contributed by atoms with Gasteiger partial charge in [0, 0.05) is 4.47 Å². The van der Waals surface area contributed by atoms with Gasteiger partial charge in [0.05, 0.1) is 10.0 Å². The minimum atomic E-state index is -0.536. The highest BCUT2D eigenvalue weighted by molar-refractivity contribution is 9.10. The lowest BCUT2D eigenvalue weighted by atomic mass is 10.2. The predicted molar refractivity (Wildman–Crippen MR) is 81.6 cm³/mol. The maximum absolute atomic E-state index is 11.5. The van der Waals surface area contributed by atoms with Gasteiger partial charge in [-0.2, -0.15) is 0 Å². The van der Waals surface area contributed by atoms with Gasteiger partial charge in [0.25, 0.3) is 5.91 Å². The van der Waals surface area contributed by atoms with Gasteiger partial charge in [-0.15, -0.1) is 0 Å². The number of hydrogen-bond donors (Lipinski definition) is 1. The van der Waals surface area contributed by atoms with Crippen molar-refractivity contribution in [2.45, 2.75) is 6.92 Å². The molecule has 0 spiro atoms. The summed E-state index contributed by atoms with van der Waals surface area (Å²) in [5.41, 5.74) is 6.81. The Labute approximate surface area is 128 Å². The van der Waals surface area contributed by atoms with Crippen LogP contribution >= 0.6 is 31.9 Å². The summed E-state index contributed by atoms with van der Waals surface area (Å²) in [5.74, 6) is 0.517. The van der Waals surface area contributed by atoms with E-state index in [-0.39, 0.29) is 0 Å². The monoisotopic (exact) mass is 383 g/mol. The molecule has 0 saturated heterocycles. The minimum Gasteiger partial charge on any atom is -0.455 e. The van der Waals surface area contributed by atoms with Crippen LogP contribution in [0.3, 0.4) is 0 Å². The van der Waals surface area contributed by atoms with Gasteiger partial charge in [-0.25, -0.2) is 0 Å². The lowest BCUT2D eigenvalue weighted by Gasteiger charge is -2.12. The van der Waals surface area contributed by atoms with Crippen LogP contribution in [0.5, 0.6) is 11.5 Å². The number of amides is 1. The van der Waals surface area contributed by atoms with E-state index >= 15 is 0 Å². The van der Waals surface area contributed by atoms with Gasteiger partial charge in [0.15, 0.2) is 0 Å². The molecule has 0 aliphatic carbocycles. The fourth-order valence-electron chi connectivity index (χ4n) is 1.64. The van der Waals surface area contributed by atoms with Crippen molar-refractivity contribution in [3.05, 3.63) is 56.5 Å². The largest absolute Gasteiger partial charge is 0.455 e. The summed E-state index contributed by atoms with van der Waals surface area (Å²) < 4.78 is 7.19. The molecule has 0 atom stereocenters. The van der Waals surface area contributed by atoms with Gasteiger partial charge in [-0.1, -0.05) is 12.1 Å². The van der Waals surface area contributed by atoms with E-state index in [1.165, 1.54) is 0 Å². The van der Waals surface area contributed by atoms with Crippen LogP contribution in [0.25, 0.3) is 0 Å². The Balaban J connectivity index is 2.44. The van der Waals surface area contributed by atoms with Crippen LogP contribution in [0.15, 0.2) is 45.3 Å². The van der Waals surface area contributed by atoms with Crippen molar-refractivity contribution in [1.82, 2.24) is 0 Å². The molecule has 0 aliphatic heterocycles. The Morgan fingerprint density at radius 2 is 1.84 bits per heavy atom. The van der Waals surface area contributed by atoms with Crippen LogP contribution in [-0.4, -0.2) is 5.91 Å². The number of benzene rings is 2. The highest BCUT2D eigenvalue weighted by atomic mass is 79.9. The molecule has 5 heteroatoms. The average Bonchev–Trinajstić information content (AvgIpc) is 2.32. The number of halogens is 2. The van der Waals surface area contributed by atoms with Crippen LogP contribution in [0.1, 0.15) is 15.9 Å². The first-order valence-corrected chi connectivity index (χ1v) is 7.10. The Morgan fingerprint density at radius 3 is 2.47 bits per heavy atom. The second-order valence-electron chi connectivity index (χ2n) is 4.01. The first-order chi connectivity index (χ1) is 8.99. The van der Waals surface area contributed by atoms with E-state index < -0.39 is 5.91 Å². The SMILES string of the molecule is Cc1ccc(Oc2cccc(Br)c2C(N)=O)c(Br)c1. The molecular formula is C14H11Br2NO2. The fraction of sp³-hybridized carbons (Fsp3) is 0.0714. The van der Waals surface area contributed by atoms with Crippen molar-refractivity contribution in [3.63, 3.8) is 0 Å². The fourth-order valence-corrected chi connectivity index (χ4v) is 2.75. The molecule has 0 unspecified atom stereocenters. The zero-order valence-electron chi connectivity index (χ0n) is 10.1. The summed E-state index contributed by atoms with van der Waals surface area (Å²) >= 11 is 6.73. The number of carbonyl (C=O) groups is 1. The van der Waals surface area contributed by atoms with E-state index in [2.05, 4.69) is 31.9 Å². The minimum absolute atomic E-state index is 0.329. The van der Waals surface area contributed by atoms with Crippen molar-refractivity contribution in [3.8, 4) is 11.5 Å². The van der Waals surface area contributed by atoms with Gasteiger partial charge >= 0.3 is 0 Å². The lowest BCUT2D eigenvalue weighted by Crippen LogP contribution is -2.13. The van der Waals surface area contributed by atoms with E-state index in [1.54, 1.807) is 18.2 Å². The smallest absolute Gasteiger partial charge is 0.253 e. The maximum atomic E-state index is 11.5.